The van der Waals surface area contributed by atoms with E-state index < -0.39 is 35.1 Å². The lowest BCUT2D eigenvalue weighted by Gasteiger charge is -2.17. The van der Waals surface area contributed by atoms with Gasteiger partial charge < -0.3 is 19.3 Å². The molecule has 7 nitrogen and oxygen atoms in total. The molecule has 5 rings (SSSR count). The SMILES string of the molecule is COc1cc(-c2nc(CC(=O)C3(c4ccc5c(c4)OC(F)(F)O5)CC3)ccc2C(F)(F)F)ccc1C(=O)O. The number of ketones is 1. The summed E-state index contributed by atoms with van der Waals surface area (Å²) < 4.78 is 82.1. The second-order valence-electron chi connectivity index (χ2n) is 8.93. The third-order valence-electron chi connectivity index (χ3n) is 6.54. The molecule has 2 heterocycles. The number of aromatic carboxylic acids is 1. The number of pyridine rings is 1. The molecule has 2 aliphatic rings. The van der Waals surface area contributed by atoms with Crippen LogP contribution in [0.15, 0.2) is 48.5 Å². The molecule has 0 spiro atoms. The fraction of sp³-hybridized carbons (Fsp3) is 0.269. The predicted octanol–water partition coefficient (Wildman–Crippen LogP) is 5.64. The van der Waals surface area contributed by atoms with Gasteiger partial charge in [0.25, 0.3) is 0 Å². The molecule has 1 aliphatic carbocycles. The third kappa shape index (κ3) is 4.50. The van der Waals surface area contributed by atoms with Crippen LogP contribution in [0.4, 0.5) is 22.0 Å². The Morgan fingerprint density at radius 2 is 1.74 bits per heavy atom. The summed E-state index contributed by atoms with van der Waals surface area (Å²) in [6, 6.07) is 9.41. The number of carbonyl (C=O) groups is 2. The molecule has 1 aliphatic heterocycles. The highest BCUT2D eigenvalue weighted by atomic mass is 19.4. The van der Waals surface area contributed by atoms with Crippen molar-refractivity contribution in [1.82, 2.24) is 4.98 Å². The largest absolute Gasteiger partial charge is 0.586 e. The topological polar surface area (TPSA) is 95.0 Å². The third-order valence-corrected chi connectivity index (χ3v) is 6.54. The summed E-state index contributed by atoms with van der Waals surface area (Å²) in [4.78, 5) is 28.8. The number of alkyl halides is 5. The minimum absolute atomic E-state index is 0.0497. The maximum Gasteiger partial charge on any atom is 0.586 e. The van der Waals surface area contributed by atoms with Crippen LogP contribution in [0.2, 0.25) is 0 Å². The molecular weight excluding hydrogens is 517 g/mol. The number of halogens is 5. The molecule has 12 heteroatoms. The lowest BCUT2D eigenvalue weighted by Crippen LogP contribution is -2.26. The molecule has 0 bridgehead atoms. The number of nitrogens with zero attached hydrogens (tertiary/aromatic N) is 1. The molecule has 2 aromatic carbocycles. The second-order valence-corrected chi connectivity index (χ2v) is 8.93. The second kappa shape index (κ2) is 8.67. The van der Waals surface area contributed by atoms with Gasteiger partial charge in [0.1, 0.15) is 17.1 Å². The van der Waals surface area contributed by atoms with Crippen LogP contribution in [0.5, 0.6) is 17.2 Å². The smallest absolute Gasteiger partial charge is 0.496 e. The van der Waals surface area contributed by atoms with Gasteiger partial charge in [-0.1, -0.05) is 12.1 Å². The molecule has 0 saturated heterocycles. The van der Waals surface area contributed by atoms with Crippen LogP contribution in [-0.2, 0) is 22.8 Å². The summed E-state index contributed by atoms with van der Waals surface area (Å²) in [6.07, 6.45) is -8.07. The summed E-state index contributed by atoms with van der Waals surface area (Å²) in [5.74, 6) is -2.20. The molecule has 0 amide bonds. The Morgan fingerprint density at radius 1 is 1.03 bits per heavy atom. The van der Waals surface area contributed by atoms with Crippen LogP contribution in [0.3, 0.4) is 0 Å². The van der Waals surface area contributed by atoms with Crippen LogP contribution in [0.1, 0.15) is 40.0 Å². The zero-order chi connectivity index (χ0) is 27.5. The first kappa shape index (κ1) is 25.4. The first-order valence-electron chi connectivity index (χ1n) is 11.3. The Hall–Kier alpha value is -4.22. The van der Waals surface area contributed by atoms with Crippen LogP contribution in [0.25, 0.3) is 11.3 Å². The number of benzene rings is 2. The zero-order valence-electron chi connectivity index (χ0n) is 19.6. The first-order chi connectivity index (χ1) is 17.8. The molecule has 0 unspecified atom stereocenters. The van der Waals surface area contributed by atoms with E-state index in [1.807, 2.05) is 0 Å². The molecule has 1 aromatic heterocycles. The Labute approximate surface area is 211 Å². The number of methoxy groups -OCH3 is 1. The molecule has 0 atom stereocenters. The van der Waals surface area contributed by atoms with Gasteiger partial charge in [-0.15, -0.1) is 8.78 Å². The van der Waals surface area contributed by atoms with Crippen LogP contribution < -0.4 is 14.2 Å². The van der Waals surface area contributed by atoms with Crippen LogP contribution in [-0.4, -0.2) is 35.2 Å². The summed E-state index contributed by atoms with van der Waals surface area (Å²) in [6.45, 7) is 0. The maximum absolute atomic E-state index is 13.8. The number of rotatable bonds is 7. The van der Waals surface area contributed by atoms with Crippen molar-refractivity contribution < 1.29 is 50.9 Å². The van der Waals surface area contributed by atoms with Crippen molar-refractivity contribution in [3.05, 3.63) is 70.9 Å². The van der Waals surface area contributed by atoms with E-state index in [0.717, 1.165) is 24.3 Å². The Balaban J connectivity index is 1.47. The predicted molar refractivity (Wildman–Crippen MR) is 120 cm³/mol. The molecule has 198 valence electrons. The summed E-state index contributed by atoms with van der Waals surface area (Å²) >= 11 is 0. The molecule has 3 aromatic rings. The van der Waals surface area contributed by atoms with Gasteiger partial charge in [0.2, 0.25) is 0 Å². The van der Waals surface area contributed by atoms with Crippen molar-refractivity contribution in [2.75, 3.05) is 7.11 Å². The van der Waals surface area contributed by atoms with Crippen molar-refractivity contribution in [1.29, 1.82) is 0 Å². The van der Waals surface area contributed by atoms with E-state index in [1.54, 1.807) is 0 Å². The van der Waals surface area contributed by atoms with E-state index in [0.29, 0.717) is 18.4 Å². The Bertz CT molecular complexity index is 1460. The van der Waals surface area contributed by atoms with E-state index in [9.17, 15) is 36.6 Å². The number of Topliss-reactive ketones (excluding diaryl/α,β-unsaturated/α-hetero) is 1. The normalized spacial score (nSPS) is 16.7. The van der Waals surface area contributed by atoms with E-state index in [4.69, 9.17) is 4.74 Å². The number of hydrogen-bond donors (Lipinski definition) is 1. The lowest BCUT2D eigenvalue weighted by molar-refractivity contribution is -0.286. The summed E-state index contributed by atoms with van der Waals surface area (Å²) in [5, 5.41) is 9.27. The van der Waals surface area contributed by atoms with Crippen LogP contribution in [0, 0.1) is 0 Å². The van der Waals surface area contributed by atoms with Crippen molar-refractivity contribution in [2.45, 2.75) is 37.1 Å². The molecular formula is C26H18F5NO6. The Kier molecular flexibility index (Phi) is 5.80. The lowest BCUT2D eigenvalue weighted by atomic mass is 9.88. The number of ether oxygens (including phenoxy) is 3. The first-order valence-corrected chi connectivity index (χ1v) is 11.3. The van der Waals surface area contributed by atoms with Crippen molar-refractivity contribution in [3.63, 3.8) is 0 Å². The van der Waals surface area contributed by atoms with Crippen molar-refractivity contribution in [3.8, 4) is 28.5 Å². The fourth-order valence-corrected chi connectivity index (χ4v) is 4.50. The zero-order valence-corrected chi connectivity index (χ0v) is 19.6. The standard InChI is InChI=1S/C26H18F5NO6/c1-36-19-10-13(2-5-16(19)23(34)35)22-17(25(27,28)29)6-4-15(32-22)12-21(33)24(8-9-24)14-3-7-18-20(11-14)38-26(30,31)37-18/h2-7,10-11H,8-9,12H2,1H3,(H,34,35). The van der Waals surface area contributed by atoms with Gasteiger partial charge in [-0.05, 0) is 54.8 Å². The van der Waals surface area contributed by atoms with E-state index in [-0.39, 0.29) is 46.3 Å². The fourth-order valence-electron chi connectivity index (χ4n) is 4.50. The van der Waals surface area contributed by atoms with Gasteiger partial charge in [-0.25, -0.2) is 4.79 Å². The van der Waals surface area contributed by atoms with E-state index in [2.05, 4.69) is 14.5 Å². The minimum Gasteiger partial charge on any atom is -0.496 e. The molecule has 1 fully saturated rings. The minimum atomic E-state index is -4.78. The highest BCUT2D eigenvalue weighted by Crippen LogP contribution is 2.52. The summed E-state index contributed by atoms with van der Waals surface area (Å²) in [5.41, 5.74) is -2.38. The maximum atomic E-state index is 13.8. The number of aromatic nitrogens is 1. The number of hydrogen-bond acceptors (Lipinski definition) is 6. The average Bonchev–Trinajstić information content (AvgIpc) is 3.60. The molecule has 1 N–H and O–H groups in total. The molecule has 0 radical (unpaired) electrons. The van der Waals surface area contributed by atoms with Gasteiger partial charge in [-0.3, -0.25) is 9.78 Å². The van der Waals surface area contributed by atoms with Crippen molar-refractivity contribution >= 4 is 11.8 Å². The van der Waals surface area contributed by atoms with Crippen LogP contribution >= 0.6 is 0 Å². The van der Waals surface area contributed by atoms with Gasteiger partial charge in [0, 0.05) is 17.7 Å². The number of fused-ring (bicyclic) bond motifs is 1. The van der Waals surface area contributed by atoms with Crippen molar-refractivity contribution in [2.24, 2.45) is 0 Å². The average molecular weight is 535 g/mol. The summed E-state index contributed by atoms with van der Waals surface area (Å²) in [7, 11) is 1.19. The Morgan fingerprint density at radius 3 is 2.37 bits per heavy atom. The highest BCUT2D eigenvalue weighted by Gasteiger charge is 2.52. The highest BCUT2D eigenvalue weighted by molar-refractivity contribution is 5.95. The molecule has 1 saturated carbocycles. The number of carboxylic acid groups (broad SMARTS) is 1. The quantitative estimate of drug-likeness (QED) is 0.392. The van der Waals surface area contributed by atoms with Gasteiger partial charge in [0.05, 0.1) is 23.8 Å². The van der Waals surface area contributed by atoms with Gasteiger partial charge in [0.15, 0.2) is 11.5 Å². The van der Waals surface area contributed by atoms with Gasteiger partial charge in [-0.2, -0.15) is 13.2 Å². The molecule has 38 heavy (non-hydrogen) atoms. The number of carbonyl (C=O) groups excluding carboxylic acids is 1. The monoisotopic (exact) mass is 535 g/mol. The van der Waals surface area contributed by atoms with E-state index in [1.165, 1.54) is 31.4 Å². The number of carboxylic acids is 1. The van der Waals surface area contributed by atoms with Gasteiger partial charge >= 0.3 is 18.4 Å². The van der Waals surface area contributed by atoms with E-state index >= 15 is 0 Å².